The lowest BCUT2D eigenvalue weighted by Gasteiger charge is -2.27. The summed E-state index contributed by atoms with van der Waals surface area (Å²) >= 11 is 0. The maximum atomic E-state index is 5.35. The zero-order valence-corrected chi connectivity index (χ0v) is 12.1. The van der Waals surface area contributed by atoms with Gasteiger partial charge in [-0.15, -0.1) is 0 Å². The number of aryl methyl sites for hydroxylation is 1. The second-order valence-electron chi connectivity index (χ2n) is 4.95. The molecule has 0 radical (unpaired) electrons. The number of hydrogen-bond acceptors (Lipinski definition) is 6. The third kappa shape index (κ3) is 3.66. The lowest BCUT2D eigenvalue weighted by molar-refractivity contribution is 0.122. The van der Waals surface area contributed by atoms with Crippen LogP contribution in [0.25, 0.3) is 0 Å². The van der Waals surface area contributed by atoms with E-state index in [2.05, 4.69) is 25.2 Å². The van der Waals surface area contributed by atoms with Crippen LogP contribution in [0.4, 0.5) is 11.5 Å². The molecule has 1 aliphatic rings. The molecular formula is C15H19N5O. The third-order valence-electron chi connectivity index (χ3n) is 3.39. The van der Waals surface area contributed by atoms with Crippen molar-refractivity contribution in [1.29, 1.82) is 0 Å². The molecule has 21 heavy (non-hydrogen) atoms. The smallest absolute Gasteiger partial charge is 0.128 e. The van der Waals surface area contributed by atoms with E-state index in [1.807, 2.05) is 31.3 Å². The minimum Gasteiger partial charge on any atom is -0.378 e. The highest BCUT2D eigenvalue weighted by molar-refractivity contribution is 5.48. The van der Waals surface area contributed by atoms with E-state index >= 15 is 0 Å². The molecule has 0 spiro atoms. The van der Waals surface area contributed by atoms with Crippen LogP contribution in [0, 0.1) is 6.92 Å². The number of nitrogens with zero attached hydrogens (tertiary/aromatic N) is 4. The van der Waals surface area contributed by atoms with Crippen LogP contribution >= 0.6 is 0 Å². The molecule has 6 nitrogen and oxygen atoms in total. The lowest BCUT2D eigenvalue weighted by Crippen LogP contribution is -2.36. The Morgan fingerprint density at radius 1 is 1.19 bits per heavy atom. The summed E-state index contributed by atoms with van der Waals surface area (Å²) in [5.41, 5.74) is 1.96. The monoisotopic (exact) mass is 285 g/mol. The molecule has 110 valence electrons. The Balaban J connectivity index is 1.59. The molecule has 0 unspecified atom stereocenters. The molecule has 2 aromatic rings. The van der Waals surface area contributed by atoms with Gasteiger partial charge in [0.25, 0.3) is 0 Å². The number of anilines is 2. The number of aromatic nitrogens is 3. The highest BCUT2D eigenvalue weighted by Crippen LogP contribution is 2.15. The lowest BCUT2D eigenvalue weighted by atomic mass is 10.3. The predicted molar refractivity (Wildman–Crippen MR) is 81.4 cm³/mol. The average molecular weight is 285 g/mol. The molecule has 0 aromatic carbocycles. The van der Waals surface area contributed by atoms with Crippen molar-refractivity contribution in [2.45, 2.75) is 13.5 Å². The summed E-state index contributed by atoms with van der Waals surface area (Å²) in [5, 5.41) is 3.32. The fraction of sp³-hybridized carbons (Fsp3) is 0.400. The van der Waals surface area contributed by atoms with Crippen LogP contribution < -0.4 is 10.2 Å². The Morgan fingerprint density at radius 2 is 2.05 bits per heavy atom. The second-order valence-corrected chi connectivity index (χ2v) is 4.95. The summed E-state index contributed by atoms with van der Waals surface area (Å²) < 4.78 is 5.35. The molecule has 0 saturated carbocycles. The number of morpholine rings is 1. The van der Waals surface area contributed by atoms with E-state index in [0.717, 1.165) is 49.3 Å². The number of nitrogens with one attached hydrogen (secondary N) is 1. The van der Waals surface area contributed by atoms with Crippen molar-refractivity contribution in [2.75, 3.05) is 36.5 Å². The van der Waals surface area contributed by atoms with Gasteiger partial charge in [-0.25, -0.2) is 15.0 Å². The fourth-order valence-corrected chi connectivity index (χ4v) is 2.27. The summed E-state index contributed by atoms with van der Waals surface area (Å²) in [4.78, 5) is 15.2. The predicted octanol–water partition coefficient (Wildman–Crippen LogP) is 1.63. The van der Waals surface area contributed by atoms with Crippen molar-refractivity contribution in [1.82, 2.24) is 15.0 Å². The quantitative estimate of drug-likeness (QED) is 0.921. The van der Waals surface area contributed by atoms with Crippen molar-refractivity contribution >= 4 is 11.5 Å². The van der Waals surface area contributed by atoms with Crippen molar-refractivity contribution in [3.05, 3.63) is 42.1 Å². The largest absolute Gasteiger partial charge is 0.378 e. The fourth-order valence-electron chi connectivity index (χ4n) is 2.27. The Morgan fingerprint density at radius 3 is 2.76 bits per heavy atom. The molecule has 1 N–H and O–H groups in total. The van der Waals surface area contributed by atoms with E-state index in [1.54, 1.807) is 6.20 Å². The van der Waals surface area contributed by atoms with E-state index in [0.29, 0.717) is 6.54 Å². The zero-order valence-electron chi connectivity index (χ0n) is 12.1. The van der Waals surface area contributed by atoms with E-state index < -0.39 is 0 Å². The van der Waals surface area contributed by atoms with Crippen LogP contribution in [0.15, 0.2) is 30.6 Å². The summed E-state index contributed by atoms with van der Waals surface area (Å²) in [6.07, 6.45) is 3.64. The standard InChI is InChI=1S/C15H19N5O/c1-12-16-5-4-14(19-12)11-17-13-2-3-15(18-10-13)20-6-8-21-9-7-20/h2-5,10,17H,6-9,11H2,1H3. The van der Waals surface area contributed by atoms with Gasteiger partial charge < -0.3 is 15.0 Å². The van der Waals surface area contributed by atoms with Gasteiger partial charge >= 0.3 is 0 Å². The summed E-state index contributed by atoms with van der Waals surface area (Å²) in [6.45, 7) is 5.91. The summed E-state index contributed by atoms with van der Waals surface area (Å²) in [5.74, 6) is 1.79. The molecule has 0 atom stereocenters. The molecule has 6 heteroatoms. The number of rotatable bonds is 4. The Hall–Kier alpha value is -2.21. The highest BCUT2D eigenvalue weighted by atomic mass is 16.5. The maximum absolute atomic E-state index is 5.35. The number of pyridine rings is 1. The van der Waals surface area contributed by atoms with Gasteiger partial charge in [-0.1, -0.05) is 0 Å². The molecule has 2 aromatic heterocycles. The Labute approximate surface area is 124 Å². The molecular weight excluding hydrogens is 266 g/mol. The molecule has 0 aliphatic carbocycles. The van der Waals surface area contributed by atoms with Gasteiger partial charge in [-0.2, -0.15) is 0 Å². The summed E-state index contributed by atoms with van der Waals surface area (Å²) in [7, 11) is 0. The van der Waals surface area contributed by atoms with Gasteiger partial charge in [0.05, 0.1) is 37.3 Å². The Bertz CT molecular complexity index is 581. The molecule has 0 bridgehead atoms. The zero-order chi connectivity index (χ0) is 14.5. The first-order chi connectivity index (χ1) is 10.3. The molecule has 0 amide bonds. The molecule has 3 heterocycles. The first-order valence-corrected chi connectivity index (χ1v) is 7.12. The van der Waals surface area contributed by atoms with Crippen molar-refractivity contribution in [2.24, 2.45) is 0 Å². The second kappa shape index (κ2) is 6.49. The van der Waals surface area contributed by atoms with Crippen LogP contribution in [0.5, 0.6) is 0 Å². The van der Waals surface area contributed by atoms with Gasteiger partial charge in [-0.3, -0.25) is 0 Å². The van der Waals surface area contributed by atoms with Gasteiger partial charge in [0, 0.05) is 19.3 Å². The van der Waals surface area contributed by atoms with Crippen molar-refractivity contribution in [3.8, 4) is 0 Å². The van der Waals surface area contributed by atoms with Gasteiger partial charge in [0.1, 0.15) is 11.6 Å². The van der Waals surface area contributed by atoms with Crippen LogP contribution in [0.1, 0.15) is 11.5 Å². The van der Waals surface area contributed by atoms with Gasteiger partial charge in [0.15, 0.2) is 0 Å². The number of ether oxygens (including phenoxy) is 1. The average Bonchev–Trinajstić information content (AvgIpc) is 2.54. The highest BCUT2D eigenvalue weighted by Gasteiger charge is 2.11. The minimum absolute atomic E-state index is 0.669. The van der Waals surface area contributed by atoms with Gasteiger partial charge in [0.2, 0.25) is 0 Å². The number of hydrogen-bond donors (Lipinski definition) is 1. The van der Waals surface area contributed by atoms with E-state index in [-0.39, 0.29) is 0 Å². The first kappa shape index (κ1) is 13.8. The van der Waals surface area contributed by atoms with Crippen LogP contribution in [-0.4, -0.2) is 41.3 Å². The molecule has 1 aliphatic heterocycles. The van der Waals surface area contributed by atoms with Crippen LogP contribution in [-0.2, 0) is 11.3 Å². The summed E-state index contributed by atoms with van der Waals surface area (Å²) in [6, 6.07) is 6.00. The van der Waals surface area contributed by atoms with Crippen LogP contribution in [0.3, 0.4) is 0 Å². The van der Waals surface area contributed by atoms with Crippen molar-refractivity contribution < 1.29 is 4.74 Å². The maximum Gasteiger partial charge on any atom is 0.128 e. The van der Waals surface area contributed by atoms with E-state index in [1.165, 1.54) is 0 Å². The third-order valence-corrected chi connectivity index (χ3v) is 3.39. The topological polar surface area (TPSA) is 63.2 Å². The first-order valence-electron chi connectivity index (χ1n) is 7.12. The minimum atomic E-state index is 0.669. The van der Waals surface area contributed by atoms with Crippen molar-refractivity contribution in [3.63, 3.8) is 0 Å². The molecule has 3 rings (SSSR count). The molecule has 1 fully saturated rings. The normalized spacial score (nSPS) is 15.0. The van der Waals surface area contributed by atoms with Gasteiger partial charge in [-0.05, 0) is 25.1 Å². The van der Waals surface area contributed by atoms with E-state index in [4.69, 9.17) is 4.74 Å². The Kier molecular flexibility index (Phi) is 4.25. The van der Waals surface area contributed by atoms with E-state index in [9.17, 15) is 0 Å². The molecule has 1 saturated heterocycles. The van der Waals surface area contributed by atoms with Crippen LogP contribution in [0.2, 0.25) is 0 Å². The SMILES string of the molecule is Cc1nccc(CNc2ccc(N3CCOCC3)nc2)n1.